The number of hydrogen-bond donors (Lipinski definition) is 2. The topological polar surface area (TPSA) is 66.4 Å². The van der Waals surface area contributed by atoms with Gasteiger partial charge in [-0.05, 0) is 42.0 Å². The van der Waals surface area contributed by atoms with Gasteiger partial charge in [-0.15, -0.1) is 0 Å². The monoisotopic (exact) mass is 281 g/mol. The molecule has 0 spiro atoms. The van der Waals surface area contributed by atoms with Crippen molar-refractivity contribution in [1.82, 2.24) is 4.72 Å². The maximum atomic E-state index is 12.7. The smallest absolute Gasteiger partial charge is 0.240 e. The molecule has 100 valence electrons. The van der Waals surface area contributed by atoms with E-state index < -0.39 is 10.0 Å². The molecule has 0 saturated carbocycles. The molecule has 0 saturated heterocycles. The van der Waals surface area contributed by atoms with Gasteiger partial charge in [0.1, 0.15) is 11.6 Å². The van der Waals surface area contributed by atoms with Crippen LogP contribution in [0.2, 0.25) is 0 Å². The molecule has 2 aromatic rings. The Hall–Kier alpha value is -1.92. The Bertz CT molecular complexity index is 651. The molecular formula is C13H12FNO3S. The highest BCUT2D eigenvalue weighted by atomic mass is 32.2. The van der Waals surface area contributed by atoms with Crippen LogP contribution in [0.15, 0.2) is 53.4 Å². The zero-order chi connectivity index (χ0) is 13.9. The van der Waals surface area contributed by atoms with Gasteiger partial charge in [-0.3, -0.25) is 0 Å². The van der Waals surface area contributed by atoms with Crippen molar-refractivity contribution >= 4 is 10.0 Å². The fourth-order valence-electron chi connectivity index (χ4n) is 1.49. The van der Waals surface area contributed by atoms with Crippen molar-refractivity contribution in [2.45, 2.75) is 11.4 Å². The molecule has 0 atom stereocenters. The lowest BCUT2D eigenvalue weighted by atomic mass is 10.2. The molecule has 2 N–H and O–H groups in total. The Balaban J connectivity index is 2.09. The number of hydrogen-bond acceptors (Lipinski definition) is 3. The Morgan fingerprint density at radius 1 is 1.00 bits per heavy atom. The summed E-state index contributed by atoms with van der Waals surface area (Å²) < 4.78 is 38.9. The third-order valence-corrected chi connectivity index (χ3v) is 3.94. The Morgan fingerprint density at radius 2 is 1.58 bits per heavy atom. The highest BCUT2D eigenvalue weighted by molar-refractivity contribution is 7.89. The van der Waals surface area contributed by atoms with Gasteiger partial charge in [0.25, 0.3) is 0 Å². The third-order valence-electron chi connectivity index (χ3n) is 2.53. The summed E-state index contributed by atoms with van der Waals surface area (Å²) in [4.78, 5) is 0.0624. The summed E-state index contributed by atoms with van der Waals surface area (Å²) in [5, 5.41) is 9.11. The number of benzene rings is 2. The minimum absolute atomic E-state index is 0.00233. The molecule has 6 heteroatoms. The first-order valence-corrected chi connectivity index (χ1v) is 6.99. The van der Waals surface area contributed by atoms with Gasteiger partial charge in [0.2, 0.25) is 10.0 Å². The number of phenols is 1. The molecule has 2 aromatic carbocycles. The molecule has 0 fully saturated rings. The molecule has 0 radical (unpaired) electrons. The van der Waals surface area contributed by atoms with E-state index in [1.807, 2.05) is 0 Å². The van der Waals surface area contributed by atoms with E-state index in [9.17, 15) is 12.8 Å². The van der Waals surface area contributed by atoms with Crippen molar-refractivity contribution in [3.63, 3.8) is 0 Å². The molecule has 0 aliphatic heterocycles. The molecule has 2 rings (SSSR count). The maximum absolute atomic E-state index is 12.7. The first-order valence-electron chi connectivity index (χ1n) is 5.50. The van der Waals surface area contributed by atoms with Gasteiger partial charge in [-0.2, -0.15) is 0 Å². The van der Waals surface area contributed by atoms with Gasteiger partial charge in [-0.1, -0.05) is 12.1 Å². The van der Waals surface area contributed by atoms with Gasteiger partial charge in [-0.25, -0.2) is 17.5 Å². The van der Waals surface area contributed by atoms with Gasteiger partial charge >= 0.3 is 0 Å². The van der Waals surface area contributed by atoms with Crippen LogP contribution in [-0.4, -0.2) is 13.5 Å². The standard InChI is InChI=1S/C13H12FNO3S/c14-11-3-1-10(2-4-11)9-15-19(17,18)13-7-5-12(16)6-8-13/h1-8,15-16H,9H2. The zero-order valence-electron chi connectivity index (χ0n) is 9.88. The predicted molar refractivity (Wildman–Crippen MR) is 68.5 cm³/mol. The number of halogens is 1. The normalized spacial score (nSPS) is 11.4. The Kier molecular flexibility index (Phi) is 3.82. The van der Waals surface area contributed by atoms with E-state index >= 15 is 0 Å². The quantitative estimate of drug-likeness (QED) is 0.901. The van der Waals surface area contributed by atoms with E-state index in [2.05, 4.69) is 4.72 Å². The zero-order valence-corrected chi connectivity index (χ0v) is 10.7. The molecule has 0 aliphatic rings. The second kappa shape index (κ2) is 5.38. The average molecular weight is 281 g/mol. The second-order valence-corrected chi connectivity index (χ2v) is 5.71. The molecule has 0 aromatic heterocycles. The summed E-state index contributed by atoms with van der Waals surface area (Å²) in [5.74, 6) is -0.373. The van der Waals surface area contributed by atoms with Gasteiger partial charge in [0, 0.05) is 6.54 Å². The fraction of sp³-hybridized carbons (Fsp3) is 0.0769. The average Bonchev–Trinajstić information content (AvgIpc) is 2.39. The highest BCUT2D eigenvalue weighted by Crippen LogP contribution is 2.14. The summed E-state index contributed by atoms with van der Waals surface area (Å²) in [6, 6.07) is 10.8. The number of aromatic hydroxyl groups is 1. The van der Waals surface area contributed by atoms with Crippen molar-refractivity contribution in [2.24, 2.45) is 0 Å². The number of rotatable bonds is 4. The van der Waals surface area contributed by atoms with E-state index in [1.165, 1.54) is 48.5 Å². The van der Waals surface area contributed by atoms with E-state index in [0.29, 0.717) is 5.56 Å². The Labute approximate surface area is 110 Å². The minimum atomic E-state index is -3.64. The minimum Gasteiger partial charge on any atom is -0.508 e. The maximum Gasteiger partial charge on any atom is 0.240 e. The lowest BCUT2D eigenvalue weighted by Crippen LogP contribution is -2.23. The van der Waals surface area contributed by atoms with Crippen LogP contribution in [0.3, 0.4) is 0 Å². The molecule has 0 bridgehead atoms. The van der Waals surface area contributed by atoms with Crippen LogP contribution in [-0.2, 0) is 16.6 Å². The van der Waals surface area contributed by atoms with Crippen molar-refractivity contribution in [3.8, 4) is 5.75 Å². The lowest BCUT2D eigenvalue weighted by molar-refractivity contribution is 0.474. The summed E-state index contributed by atoms with van der Waals surface area (Å²) >= 11 is 0. The Morgan fingerprint density at radius 3 is 2.16 bits per heavy atom. The molecule has 0 unspecified atom stereocenters. The van der Waals surface area contributed by atoms with E-state index in [1.54, 1.807) is 0 Å². The SMILES string of the molecule is O=S(=O)(NCc1ccc(F)cc1)c1ccc(O)cc1. The molecule has 19 heavy (non-hydrogen) atoms. The van der Waals surface area contributed by atoms with Crippen LogP contribution in [0, 0.1) is 5.82 Å². The van der Waals surface area contributed by atoms with Crippen LogP contribution < -0.4 is 4.72 Å². The molecular weight excluding hydrogens is 269 g/mol. The lowest BCUT2D eigenvalue weighted by Gasteiger charge is -2.07. The molecule has 4 nitrogen and oxygen atoms in total. The third kappa shape index (κ3) is 3.52. The number of sulfonamides is 1. The fourth-order valence-corrected chi connectivity index (χ4v) is 2.51. The summed E-state index contributed by atoms with van der Waals surface area (Å²) in [5.41, 5.74) is 0.656. The van der Waals surface area contributed by atoms with Crippen molar-refractivity contribution in [2.75, 3.05) is 0 Å². The van der Waals surface area contributed by atoms with Crippen LogP contribution in [0.1, 0.15) is 5.56 Å². The molecule has 0 heterocycles. The first kappa shape index (κ1) is 13.5. The van der Waals surface area contributed by atoms with Crippen LogP contribution >= 0.6 is 0 Å². The van der Waals surface area contributed by atoms with Crippen LogP contribution in [0.5, 0.6) is 5.75 Å². The van der Waals surface area contributed by atoms with Crippen LogP contribution in [0.25, 0.3) is 0 Å². The molecule has 0 amide bonds. The van der Waals surface area contributed by atoms with Crippen LogP contribution in [0.4, 0.5) is 4.39 Å². The van der Waals surface area contributed by atoms with Gasteiger partial charge in [0.15, 0.2) is 0 Å². The van der Waals surface area contributed by atoms with Crippen molar-refractivity contribution in [1.29, 1.82) is 0 Å². The summed E-state index contributed by atoms with van der Waals surface area (Å²) in [6.45, 7) is 0.0729. The van der Waals surface area contributed by atoms with Crippen molar-refractivity contribution < 1.29 is 17.9 Å². The van der Waals surface area contributed by atoms with E-state index in [0.717, 1.165) is 0 Å². The van der Waals surface area contributed by atoms with Crippen molar-refractivity contribution in [3.05, 3.63) is 59.9 Å². The first-order chi connectivity index (χ1) is 8.97. The highest BCUT2D eigenvalue weighted by Gasteiger charge is 2.13. The van der Waals surface area contributed by atoms with E-state index in [-0.39, 0.29) is 23.0 Å². The van der Waals surface area contributed by atoms with Gasteiger partial charge in [0.05, 0.1) is 4.90 Å². The summed E-state index contributed by atoms with van der Waals surface area (Å²) in [6.07, 6.45) is 0. The predicted octanol–water partition coefficient (Wildman–Crippen LogP) is 2.01. The van der Waals surface area contributed by atoms with Gasteiger partial charge < -0.3 is 5.11 Å². The summed E-state index contributed by atoms with van der Waals surface area (Å²) in [7, 11) is -3.64. The number of phenolic OH excluding ortho intramolecular Hbond substituents is 1. The second-order valence-electron chi connectivity index (χ2n) is 3.94. The largest absolute Gasteiger partial charge is 0.508 e. The molecule has 0 aliphatic carbocycles. The number of nitrogens with one attached hydrogen (secondary N) is 1. The van der Waals surface area contributed by atoms with E-state index in [4.69, 9.17) is 5.11 Å².